The fourth-order valence-corrected chi connectivity index (χ4v) is 1.79. The first-order chi connectivity index (χ1) is 10.2. The summed E-state index contributed by atoms with van der Waals surface area (Å²) in [6, 6.07) is 9.56. The number of carboxylic acid groups (broad SMARTS) is 1. The van der Waals surface area contributed by atoms with E-state index in [1.807, 2.05) is 30.3 Å². The second-order valence-electron chi connectivity index (χ2n) is 4.16. The minimum Gasteiger partial charge on any atom is -0.471 e. The molecule has 1 amide bonds. The second kappa shape index (κ2) is 5.45. The summed E-state index contributed by atoms with van der Waals surface area (Å²) in [7, 11) is 0. The third-order valence-electron chi connectivity index (χ3n) is 2.69. The van der Waals surface area contributed by atoms with E-state index >= 15 is 0 Å². The summed E-state index contributed by atoms with van der Waals surface area (Å²) >= 11 is 0. The van der Waals surface area contributed by atoms with Crippen LogP contribution >= 0.6 is 0 Å². The molecule has 8 heteroatoms. The fourth-order valence-electron chi connectivity index (χ4n) is 1.79. The molecule has 0 bridgehead atoms. The summed E-state index contributed by atoms with van der Waals surface area (Å²) in [4.78, 5) is 25.5. The lowest BCUT2D eigenvalue weighted by molar-refractivity contribution is 0.209. The van der Waals surface area contributed by atoms with Crippen LogP contribution in [0.2, 0.25) is 0 Å². The van der Waals surface area contributed by atoms with Crippen LogP contribution in [0, 0.1) is 0 Å². The number of rotatable bonds is 4. The van der Waals surface area contributed by atoms with Crippen molar-refractivity contribution < 1.29 is 14.6 Å². The number of hydrogen-bond donors (Lipinski definition) is 3. The number of anilines is 1. The van der Waals surface area contributed by atoms with E-state index in [1.54, 1.807) is 0 Å². The third kappa shape index (κ3) is 2.89. The van der Waals surface area contributed by atoms with Crippen molar-refractivity contribution in [1.82, 2.24) is 19.9 Å². The summed E-state index contributed by atoms with van der Waals surface area (Å²) in [5, 5.41) is 10.8. The molecule has 21 heavy (non-hydrogen) atoms. The van der Waals surface area contributed by atoms with Gasteiger partial charge in [0, 0.05) is 0 Å². The molecule has 2 aromatic heterocycles. The number of H-pyrrole nitrogens is 1. The van der Waals surface area contributed by atoms with Crippen molar-refractivity contribution in [2.75, 3.05) is 5.32 Å². The minimum absolute atomic E-state index is 0.0786. The maximum atomic E-state index is 10.7. The minimum atomic E-state index is -1.25. The number of amides is 1. The molecule has 1 aromatic carbocycles. The van der Waals surface area contributed by atoms with Crippen LogP contribution in [0.25, 0.3) is 11.2 Å². The van der Waals surface area contributed by atoms with Crippen LogP contribution in [0.15, 0.2) is 36.7 Å². The lowest BCUT2D eigenvalue weighted by Gasteiger charge is -2.07. The molecule has 0 aliphatic carbocycles. The van der Waals surface area contributed by atoms with Gasteiger partial charge in [-0.2, -0.15) is 9.97 Å². The zero-order chi connectivity index (χ0) is 14.7. The van der Waals surface area contributed by atoms with Gasteiger partial charge in [0.05, 0.1) is 6.33 Å². The highest BCUT2D eigenvalue weighted by atomic mass is 16.5. The number of imidazole rings is 1. The Balaban J connectivity index is 1.89. The van der Waals surface area contributed by atoms with Crippen LogP contribution < -0.4 is 10.1 Å². The summed E-state index contributed by atoms with van der Waals surface area (Å²) in [5.74, 6) is 0.162. The lowest BCUT2D eigenvalue weighted by atomic mass is 10.2. The van der Waals surface area contributed by atoms with E-state index in [1.165, 1.54) is 6.33 Å². The average Bonchev–Trinajstić information content (AvgIpc) is 2.93. The highest BCUT2D eigenvalue weighted by molar-refractivity contribution is 5.83. The molecule has 106 valence electrons. The highest BCUT2D eigenvalue weighted by Crippen LogP contribution is 2.21. The smallest absolute Gasteiger partial charge is 0.411 e. The number of ether oxygens (including phenoxy) is 1. The third-order valence-corrected chi connectivity index (χ3v) is 2.69. The predicted octanol–water partition coefficient (Wildman–Crippen LogP) is 2.02. The number of nitrogens with one attached hydrogen (secondary N) is 2. The van der Waals surface area contributed by atoms with Gasteiger partial charge < -0.3 is 14.8 Å². The van der Waals surface area contributed by atoms with Crippen LogP contribution in [-0.4, -0.2) is 31.1 Å². The number of carbonyl (C=O) groups is 1. The van der Waals surface area contributed by atoms with Gasteiger partial charge in [-0.1, -0.05) is 30.3 Å². The molecule has 3 aromatic rings. The molecule has 0 radical (unpaired) electrons. The van der Waals surface area contributed by atoms with Crippen molar-refractivity contribution in [2.45, 2.75) is 6.61 Å². The van der Waals surface area contributed by atoms with Crippen LogP contribution in [0.3, 0.4) is 0 Å². The summed E-state index contributed by atoms with van der Waals surface area (Å²) in [6.45, 7) is 0.304. The molecule has 8 nitrogen and oxygen atoms in total. The quantitative estimate of drug-likeness (QED) is 0.676. The zero-order valence-electron chi connectivity index (χ0n) is 10.8. The highest BCUT2D eigenvalue weighted by Gasteiger charge is 2.12. The Kier molecular flexibility index (Phi) is 3.34. The average molecular weight is 285 g/mol. The molecule has 0 aliphatic rings. The Bertz CT molecular complexity index is 772. The van der Waals surface area contributed by atoms with Gasteiger partial charge >= 0.3 is 6.09 Å². The SMILES string of the molecule is O=C(O)Nc1nc(OCc2ccccc2)c2[nH]cnc2n1. The molecular weight excluding hydrogens is 274 g/mol. The fraction of sp³-hybridized carbons (Fsp3) is 0.0769. The van der Waals surface area contributed by atoms with Crippen molar-refractivity contribution in [3.63, 3.8) is 0 Å². The molecule has 3 N–H and O–H groups in total. The largest absolute Gasteiger partial charge is 0.471 e. The van der Waals surface area contributed by atoms with Gasteiger partial charge in [-0.25, -0.2) is 9.78 Å². The number of benzene rings is 1. The molecule has 0 aliphatic heterocycles. The molecule has 0 fully saturated rings. The first-order valence-corrected chi connectivity index (χ1v) is 6.10. The molecule has 0 saturated carbocycles. The predicted molar refractivity (Wildman–Crippen MR) is 74.1 cm³/mol. The molecule has 0 saturated heterocycles. The summed E-state index contributed by atoms with van der Waals surface area (Å²) in [5.41, 5.74) is 1.82. The second-order valence-corrected chi connectivity index (χ2v) is 4.16. The Morgan fingerprint density at radius 3 is 2.86 bits per heavy atom. The lowest BCUT2D eigenvalue weighted by Crippen LogP contribution is -2.11. The van der Waals surface area contributed by atoms with E-state index in [0.29, 0.717) is 17.8 Å². The Hall–Kier alpha value is -3.16. The topological polar surface area (TPSA) is 113 Å². The Labute approximate surface area is 118 Å². The van der Waals surface area contributed by atoms with Gasteiger partial charge in [-0.3, -0.25) is 5.32 Å². The number of hydrogen-bond acceptors (Lipinski definition) is 5. The van der Waals surface area contributed by atoms with E-state index in [-0.39, 0.29) is 11.8 Å². The molecule has 2 heterocycles. The van der Waals surface area contributed by atoms with Crippen molar-refractivity contribution in [1.29, 1.82) is 0 Å². The monoisotopic (exact) mass is 285 g/mol. The van der Waals surface area contributed by atoms with Crippen LogP contribution in [0.4, 0.5) is 10.7 Å². The van der Waals surface area contributed by atoms with Crippen molar-refractivity contribution in [3.05, 3.63) is 42.2 Å². The summed E-state index contributed by atoms with van der Waals surface area (Å²) < 4.78 is 5.63. The maximum Gasteiger partial charge on any atom is 0.411 e. The number of aromatic amines is 1. The number of nitrogens with zero attached hydrogens (tertiary/aromatic N) is 3. The van der Waals surface area contributed by atoms with Gasteiger partial charge in [0.25, 0.3) is 0 Å². The van der Waals surface area contributed by atoms with Gasteiger partial charge in [-0.05, 0) is 5.56 Å². The van der Waals surface area contributed by atoms with Crippen molar-refractivity contribution in [3.8, 4) is 5.88 Å². The Morgan fingerprint density at radius 1 is 1.29 bits per heavy atom. The standard InChI is InChI=1S/C13H11N5O3/c19-13(20)18-12-16-10-9(14-7-15-10)11(17-12)21-6-8-4-2-1-3-5-8/h1-5,7H,6H2,(H,19,20)(H2,14,15,16,17,18). The molecule has 0 atom stereocenters. The first kappa shape index (κ1) is 12.9. The number of fused-ring (bicyclic) bond motifs is 1. The molecule has 3 rings (SSSR count). The molecular formula is C13H11N5O3. The van der Waals surface area contributed by atoms with Crippen molar-refractivity contribution >= 4 is 23.2 Å². The van der Waals surface area contributed by atoms with E-state index < -0.39 is 6.09 Å². The van der Waals surface area contributed by atoms with E-state index in [4.69, 9.17) is 9.84 Å². The van der Waals surface area contributed by atoms with E-state index in [0.717, 1.165) is 5.56 Å². The van der Waals surface area contributed by atoms with Gasteiger partial charge in [0.15, 0.2) is 5.65 Å². The Morgan fingerprint density at radius 2 is 2.10 bits per heavy atom. The van der Waals surface area contributed by atoms with Gasteiger partial charge in [0.1, 0.15) is 12.1 Å². The normalized spacial score (nSPS) is 10.5. The zero-order valence-corrected chi connectivity index (χ0v) is 10.8. The van der Waals surface area contributed by atoms with Gasteiger partial charge in [0.2, 0.25) is 11.8 Å². The van der Waals surface area contributed by atoms with E-state index in [2.05, 4.69) is 25.3 Å². The maximum absolute atomic E-state index is 10.7. The van der Waals surface area contributed by atoms with Crippen LogP contribution in [0.5, 0.6) is 5.88 Å². The van der Waals surface area contributed by atoms with Crippen LogP contribution in [0.1, 0.15) is 5.56 Å². The molecule has 0 unspecified atom stereocenters. The van der Waals surface area contributed by atoms with Crippen molar-refractivity contribution in [2.24, 2.45) is 0 Å². The molecule has 0 spiro atoms. The first-order valence-electron chi connectivity index (χ1n) is 6.10. The van der Waals surface area contributed by atoms with E-state index in [9.17, 15) is 4.79 Å². The van der Waals surface area contributed by atoms with Crippen LogP contribution in [-0.2, 0) is 6.61 Å². The number of aromatic nitrogens is 4. The summed E-state index contributed by atoms with van der Waals surface area (Å²) in [6.07, 6.45) is 0.193. The van der Waals surface area contributed by atoms with Gasteiger partial charge in [-0.15, -0.1) is 0 Å².